The molecule has 2 aromatic rings. The molecule has 0 spiro atoms. The van der Waals surface area contributed by atoms with Gasteiger partial charge in [-0.15, -0.1) is 10.2 Å². The summed E-state index contributed by atoms with van der Waals surface area (Å²) in [6.45, 7) is 1.88. The fourth-order valence-corrected chi connectivity index (χ4v) is 3.52. The molecule has 8 nitrogen and oxygen atoms in total. The van der Waals surface area contributed by atoms with E-state index >= 15 is 0 Å². The van der Waals surface area contributed by atoms with Crippen molar-refractivity contribution in [3.05, 3.63) is 11.9 Å². The summed E-state index contributed by atoms with van der Waals surface area (Å²) in [5.41, 5.74) is 5.75. The van der Waals surface area contributed by atoms with Gasteiger partial charge in [-0.3, -0.25) is 0 Å². The second kappa shape index (κ2) is 7.25. The van der Waals surface area contributed by atoms with Crippen molar-refractivity contribution in [2.75, 3.05) is 37.1 Å². The highest BCUT2D eigenvalue weighted by Crippen LogP contribution is 2.26. The minimum atomic E-state index is 0.246. The number of piperidine rings is 1. The first kappa shape index (κ1) is 16.8. The second-order valence-corrected chi connectivity index (χ2v) is 6.70. The molecule has 0 amide bonds. The molecule has 9 heteroatoms. The van der Waals surface area contributed by atoms with Gasteiger partial charge in [0.15, 0.2) is 5.16 Å². The van der Waals surface area contributed by atoms with Crippen LogP contribution in [0.15, 0.2) is 11.2 Å². The molecule has 0 bridgehead atoms. The molecular formula is C15H23N7OS. The Balaban J connectivity index is 1.61. The summed E-state index contributed by atoms with van der Waals surface area (Å²) in [4.78, 5) is 10.6. The van der Waals surface area contributed by atoms with E-state index in [9.17, 15) is 0 Å². The van der Waals surface area contributed by atoms with Crippen LogP contribution in [0.25, 0.3) is 0 Å². The number of anilines is 2. The van der Waals surface area contributed by atoms with Crippen molar-refractivity contribution in [1.29, 1.82) is 0 Å². The zero-order valence-electron chi connectivity index (χ0n) is 14.3. The van der Waals surface area contributed by atoms with Crippen molar-refractivity contribution in [1.82, 2.24) is 24.7 Å². The van der Waals surface area contributed by atoms with Crippen LogP contribution in [0.2, 0.25) is 0 Å². The topological polar surface area (TPSA) is 95.0 Å². The van der Waals surface area contributed by atoms with E-state index in [4.69, 9.17) is 10.5 Å². The number of nitrogens with zero attached hydrogens (tertiary/aromatic N) is 6. The lowest BCUT2D eigenvalue weighted by molar-refractivity contribution is 0.386. The molecule has 1 fully saturated rings. The molecule has 0 radical (unpaired) electrons. The van der Waals surface area contributed by atoms with Crippen molar-refractivity contribution in [2.45, 2.75) is 24.4 Å². The SMILES string of the molecule is COc1cc(N2CCC(Cc3nnc(SC)n3C)CC2)nc(N)n1. The van der Waals surface area contributed by atoms with Gasteiger partial charge in [-0.05, 0) is 25.0 Å². The summed E-state index contributed by atoms with van der Waals surface area (Å²) in [6, 6.07) is 1.84. The maximum Gasteiger partial charge on any atom is 0.225 e. The Morgan fingerprint density at radius 2 is 2.04 bits per heavy atom. The number of nitrogens with two attached hydrogens (primary N) is 1. The van der Waals surface area contributed by atoms with Gasteiger partial charge < -0.3 is 19.9 Å². The minimum Gasteiger partial charge on any atom is -0.481 e. The lowest BCUT2D eigenvalue weighted by atomic mass is 9.93. The Morgan fingerprint density at radius 3 is 2.67 bits per heavy atom. The van der Waals surface area contributed by atoms with E-state index < -0.39 is 0 Å². The normalized spacial score (nSPS) is 15.7. The van der Waals surface area contributed by atoms with Crippen molar-refractivity contribution in [3.63, 3.8) is 0 Å². The average Bonchev–Trinajstić information content (AvgIpc) is 2.95. The number of rotatable bonds is 5. The summed E-state index contributed by atoms with van der Waals surface area (Å²) in [7, 11) is 3.62. The molecule has 2 aromatic heterocycles. The highest BCUT2D eigenvalue weighted by Gasteiger charge is 2.23. The first-order chi connectivity index (χ1) is 11.6. The van der Waals surface area contributed by atoms with Crippen LogP contribution in [0.4, 0.5) is 11.8 Å². The van der Waals surface area contributed by atoms with Crippen LogP contribution in [0.1, 0.15) is 18.7 Å². The molecule has 0 aromatic carbocycles. The van der Waals surface area contributed by atoms with Gasteiger partial charge in [0, 0.05) is 32.6 Å². The highest BCUT2D eigenvalue weighted by atomic mass is 32.2. The molecule has 3 heterocycles. The maximum atomic E-state index is 5.75. The summed E-state index contributed by atoms with van der Waals surface area (Å²) < 4.78 is 7.27. The standard InChI is InChI=1S/C15H23N7OS/c1-21-12(19-20-15(21)24-3)8-10-4-6-22(7-5-10)11-9-13(23-2)18-14(16)17-11/h9-10H,4-8H2,1-3H3,(H2,16,17,18). The summed E-state index contributed by atoms with van der Waals surface area (Å²) in [5.74, 6) is 3.25. The van der Waals surface area contributed by atoms with Gasteiger partial charge in [0.2, 0.25) is 11.8 Å². The molecule has 0 saturated carbocycles. The van der Waals surface area contributed by atoms with Crippen LogP contribution in [0.3, 0.4) is 0 Å². The quantitative estimate of drug-likeness (QED) is 0.809. The summed E-state index contributed by atoms with van der Waals surface area (Å²) >= 11 is 1.62. The molecular weight excluding hydrogens is 326 g/mol. The van der Waals surface area contributed by atoms with E-state index in [1.165, 1.54) is 0 Å². The van der Waals surface area contributed by atoms with Crippen LogP contribution in [0.5, 0.6) is 5.88 Å². The molecule has 130 valence electrons. The van der Waals surface area contributed by atoms with Crippen molar-refractivity contribution >= 4 is 23.5 Å². The van der Waals surface area contributed by atoms with E-state index in [2.05, 4.69) is 29.6 Å². The molecule has 2 N–H and O–H groups in total. The van der Waals surface area contributed by atoms with Crippen LogP contribution in [-0.4, -0.2) is 51.2 Å². The van der Waals surface area contributed by atoms with Crippen molar-refractivity contribution < 1.29 is 4.74 Å². The van der Waals surface area contributed by atoms with Gasteiger partial charge in [0.05, 0.1) is 7.11 Å². The van der Waals surface area contributed by atoms with E-state index in [-0.39, 0.29) is 5.95 Å². The summed E-state index contributed by atoms with van der Waals surface area (Å²) in [5, 5.41) is 9.49. The number of aromatic nitrogens is 5. The van der Waals surface area contributed by atoms with Crippen LogP contribution in [0, 0.1) is 5.92 Å². The first-order valence-electron chi connectivity index (χ1n) is 7.96. The molecule has 3 rings (SSSR count). The lowest BCUT2D eigenvalue weighted by Crippen LogP contribution is -2.35. The Hall–Kier alpha value is -2.03. The van der Waals surface area contributed by atoms with Gasteiger partial charge in [0.1, 0.15) is 11.6 Å². The van der Waals surface area contributed by atoms with E-state index in [0.29, 0.717) is 11.8 Å². The van der Waals surface area contributed by atoms with Crippen LogP contribution in [-0.2, 0) is 13.5 Å². The molecule has 0 unspecified atom stereocenters. The average molecular weight is 349 g/mol. The third-order valence-electron chi connectivity index (χ3n) is 4.43. The number of hydrogen-bond acceptors (Lipinski definition) is 8. The Labute approximate surface area is 145 Å². The van der Waals surface area contributed by atoms with Gasteiger partial charge in [-0.2, -0.15) is 9.97 Å². The molecule has 1 aliphatic rings. The summed E-state index contributed by atoms with van der Waals surface area (Å²) in [6.07, 6.45) is 5.17. The molecule has 24 heavy (non-hydrogen) atoms. The zero-order chi connectivity index (χ0) is 17.1. The number of methoxy groups -OCH3 is 1. The Morgan fingerprint density at radius 1 is 1.29 bits per heavy atom. The Bertz CT molecular complexity index is 697. The largest absolute Gasteiger partial charge is 0.481 e. The van der Waals surface area contributed by atoms with Gasteiger partial charge in [-0.1, -0.05) is 11.8 Å². The zero-order valence-corrected chi connectivity index (χ0v) is 15.1. The van der Waals surface area contributed by atoms with Gasteiger partial charge in [0.25, 0.3) is 0 Å². The second-order valence-electron chi connectivity index (χ2n) is 5.92. The smallest absolute Gasteiger partial charge is 0.225 e. The van der Waals surface area contributed by atoms with Crippen molar-refractivity contribution in [3.8, 4) is 5.88 Å². The van der Waals surface area contributed by atoms with E-state index in [0.717, 1.165) is 49.2 Å². The Kier molecular flexibility index (Phi) is 5.08. The predicted octanol–water partition coefficient (Wildman–Crippen LogP) is 1.38. The monoisotopic (exact) mass is 349 g/mol. The van der Waals surface area contributed by atoms with Crippen LogP contribution >= 0.6 is 11.8 Å². The van der Waals surface area contributed by atoms with E-state index in [1.54, 1.807) is 18.9 Å². The molecule has 1 aliphatic heterocycles. The number of thioether (sulfide) groups is 1. The van der Waals surface area contributed by atoms with Crippen LogP contribution < -0.4 is 15.4 Å². The number of hydrogen-bond donors (Lipinski definition) is 1. The number of nitrogen functional groups attached to an aromatic ring is 1. The fourth-order valence-electron chi connectivity index (χ4n) is 3.02. The third kappa shape index (κ3) is 3.55. The fraction of sp³-hybridized carbons (Fsp3) is 0.600. The third-order valence-corrected chi connectivity index (χ3v) is 5.15. The van der Waals surface area contributed by atoms with Crippen molar-refractivity contribution in [2.24, 2.45) is 13.0 Å². The first-order valence-corrected chi connectivity index (χ1v) is 9.19. The lowest BCUT2D eigenvalue weighted by Gasteiger charge is -2.32. The highest BCUT2D eigenvalue weighted by molar-refractivity contribution is 7.98. The van der Waals surface area contributed by atoms with E-state index in [1.807, 2.05) is 19.4 Å². The minimum absolute atomic E-state index is 0.246. The molecule has 0 atom stereocenters. The predicted molar refractivity (Wildman–Crippen MR) is 94.4 cm³/mol. The molecule has 1 saturated heterocycles. The number of ether oxygens (including phenoxy) is 1. The van der Waals surface area contributed by atoms with Gasteiger partial charge in [-0.25, -0.2) is 0 Å². The van der Waals surface area contributed by atoms with Gasteiger partial charge >= 0.3 is 0 Å². The maximum absolute atomic E-state index is 5.75. The molecule has 0 aliphatic carbocycles.